The molecule has 0 bridgehead atoms. The first-order chi connectivity index (χ1) is 33.4. The predicted octanol–water partition coefficient (Wildman–Crippen LogP) is 16.6. The van der Waals surface area contributed by atoms with Gasteiger partial charge in [-0.2, -0.15) is 0 Å². The third-order valence-corrected chi connectivity index (χ3v) is 15.5. The lowest BCUT2D eigenvalue weighted by Crippen LogP contribution is -2.50. The average Bonchev–Trinajstić information content (AvgIpc) is 3.38. The van der Waals surface area contributed by atoms with E-state index in [1.54, 1.807) is 5.57 Å². The molecular weight excluding hydrogens is 869 g/mol. The van der Waals surface area contributed by atoms with Gasteiger partial charge >= 0.3 is 0 Å². The van der Waals surface area contributed by atoms with E-state index in [2.05, 4.69) is 174 Å². The summed E-state index contributed by atoms with van der Waals surface area (Å²) in [5.41, 5.74) is 1.25. The minimum atomic E-state index is -0.397. The van der Waals surface area contributed by atoms with E-state index in [0.29, 0.717) is 18.0 Å². The van der Waals surface area contributed by atoms with Gasteiger partial charge in [0.15, 0.2) is 0 Å². The molecule has 0 unspecified atom stereocenters. The van der Waals surface area contributed by atoms with Crippen molar-refractivity contribution in [1.29, 1.82) is 0 Å². The summed E-state index contributed by atoms with van der Waals surface area (Å²) in [7, 11) is 0. The molecule has 7 nitrogen and oxygen atoms in total. The number of rotatable bonds is 10. The topological polar surface area (TPSA) is 39.7 Å². The van der Waals surface area contributed by atoms with Crippen molar-refractivity contribution in [1.82, 2.24) is 29.4 Å². The van der Waals surface area contributed by atoms with Crippen molar-refractivity contribution in [2.75, 3.05) is 78.5 Å². The Morgan fingerprint density at radius 1 is 0.366 bits per heavy atom. The third-order valence-electron chi connectivity index (χ3n) is 15.5. The maximum absolute atomic E-state index is 10.2. The molecule has 0 aromatic carbocycles. The van der Waals surface area contributed by atoms with Crippen molar-refractivity contribution in [3.8, 4) is 0 Å². The second-order valence-electron chi connectivity index (χ2n) is 22.8. The van der Waals surface area contributed by atoms with Gasteiger partial charge in [0.2, 0.25) is 0 Å². The third kappa shape index (κ3) is 36.2. The number of hydrogen-bond donors (Lipinski definition) is 1. The van der Waals surface area contributed by atoms with Crippen LogP contribution in [0.2, 0.25) is 0 Å². The van der Waals surface area contributed by atoms with E-state index >= 15 is 0 Å². The zero-order chi connectivity index (χ0) is 56.6. The molecule has 0 amide bonds. The molecule has 0 saturated carbocycles. The quantitative estimate of drug-likeness (QED) is 0.219. The maximum atomic E-state index is 10.2. The summed E-state index contributed by atoms with van der Waals surface area (Å²) in [5, 5.41) is 10.2. The molecule has 5 aliphatic heterocycles. The molecule has 0 atom stereocenters. The monoisotopic (exact) mass is 1010 g/mol. The molecule has 0 spiro atoms. The van der Waals surface area contributed by atoms with Crippen LogP contribution in [0.25, 0.3) is 0 Å². The molecule has 0 aliphatic carbocycles. The van der Waals surface area contributed by atoms with Crippen LogP contribution in [0.3, 0.4) is 0 Å². The van der Waals surface area contributed by atoms with Gasteiger partial charge in [0.05, 0.1) is 5.60 Å². The van der Waals surface area contributed by atoms with Gasteiger partial charge in [-0.05, 0) is 190 Å². The minimum absolute atomic E-state index is 0.391. The van der Waals surface area contributed by atoms with Gasteiger partial charge in [0.1, 0.15) is 0 Å². The number of likely N-dealkylation sites (tertiary alicyclic amines) is 3. The normalized spacial score (nSPS) is 19.7. The van der Waals surface area contributed by atoms with Gasteiger partial charge in [0.25, 0.3) is 0 Å². The Kier molecular flexibility index (Phi) is 53.5. The number of piperidine rings is 3. The van der Waals surface area contributed by atoms with E-state index in [9.17, 15) is 5.11 Å². The van der Waals surface area contributed by atoms with E-state index in [1.165, 1.54) is 91.0 Å². The van der Waals surface area contributed by atoms with Crippen molar-refractivity contribution < 1.29 is 5.11 Å². The first-order valence-electron chi connectivity index (χ1n) is 31.2. The summed E-state index contributed by atoms with van der Waals surface area (Å²) in [4.78, 5) is 15.3. The molecule has 4 saturated heterocycles. The molecule has 1 N–H and O–H groups in total. The van der Waals surface area contributed by atoms with Crippen LogP contribution >= 0.6 is 0 Å². The molecule has 5 heterocycles. The SMILES string of the molecule is CC.CC.CC.CC.CC.CC(C)C1=CCN(C(C)C)CC1.CC(C)C1CCN(C(C)C)CC1.CC(C)C1CCN(C(C)C)CC1.CC(C)N1CCC(O)(C(C)C)CC1.CC(C)N1CCN(C(C)C)CC1. The lowest BCUT2D eigenvalue weighted by Gasteiger charge is -2.42. The van der Waals surface area contributed by atoms with E-state index in [0.717, 1.165) is 86.2 Å². The summed E-state index contributed by atoms with van der Waals surface area (Å²) >= 11 is 0. The van der Waals surface area contributed by atoms with Crippen molar-refractivity contribution in [3.05, 3.63) is 11.6 Å². The first kappa shape index (κ1) is 79.3. The average molecular weight is 1010 g/mol. The number of piperazine rings is 1. The molecular formula is C64H142N6O. The Morgan fingerprint density at radius 2 is 0.620 bits per heavy atom. The summed E-state index contributed by atoms with van der Waals surface area (Å²) < 4.78 is 0. The highest BCUT2D eigenvalue weighted by atomic mass is 16.3. The fourth-order valence-electron chi connectivity index (χ4n) is 9.67. The van der Waals surface area contributed by atoms with E-state index in [1.807, 2.05) is 69.2 Å². The van der Waals surface area contributed by atoms with Crippen molar-refractivity contribution in [2.45, 2.75) is 295 Å². The second kappa shape index (κ2) is 47.9. The van der Waals surface area contributed by atoms with Crippen molar-refractivity contribution in [2.24, 2.45) is 35.5 Å². The van der Waals surface area contributed by atoms with E-state index in [-0.39, 0.29) is 0 Å². The molecule has 0 radical (unpaired) electrons. The van der Waals surface area contributed by atoms with Gasteiger partial charge in [-0.3, -0.25) is 14.7 Å². The molecule has 7 heteroatoms. The van der Waals surface area contributed by atoms with E-state index in [4.69, 9.17) is 0 Å². The van der Waals surface area contributed by atoms with Gasteiger partial charge in [-0.15, -0.1) is 0 Å². The molecule has 5 rings (SSSR count). The van der Waals surface area contributed by atoms with Gasteiger partial charge in [0, 0.05) is 88.6 Å². The van der Waals surface area contributed by atoms with Crippen LogP contribution in [0.4, 0.5) is 0 Å². The standard InChI is InChI=1S/C11H23NO.2C11H23N.C11H21N.C10H22N2.5C2H6/c1-9(2)11(13)5-7-12(8-6-11)10(3)4;4*1-9(2)11-5-7-12(8-6-11)10(3)4;5*1-2/h9-10,13H,5-8H2,1-4H3;2*9-11H,5-8H2,1-4H3;5,9-10H,6-8H2,1-4H3;9-10H,5-8H2,1-4H3;5*1-2H3. The Hall–Kier alpha value is -0.540. The number of nitrogens with zero attached hydrogens (tertiary/aromatic N) is 6. The molecule has 4 fully saturated rings. The maximum Gasteiger partial charge on any atom is 0.0694 e. The summed E-state index contributed by atoms with van der Waals surface area (Å²) in [6.07, 6.45) is 11.2. The fourth-order valence-corrected chi connectivity index (χ4v) is 9.67. The highest BCUT2D eigenvalue weighted by Gasteiger charge is 2.35. The summed E-state index contributed by atoms with van der Waals surface area (Å²) in [5.74, 6) is 4.89. The Labute approximate surface area is 452 Å². The summed E-state index contributed by atoms with van der Waals surface area (Å²) in [6.45, 7) is 80.3. The van der Waals surface area contributed by atoms with E-state index < -0.39 is 5.60 Å². The molecule has 434 valence electrons. The minimum Gasteiger partial charge on any atom is -0.390 e. The van der Waals surface area contributed by atoms with Crippen LogP contribution in [0.5, 0.6) is 0 Å². The smallest absolute Gasteiger partial charge is 0.0694 e. The van der Waals surface area contributed by atoms with Gasteiger partial charge < -0.3 is 19.8 Å². The van der Waals surface area contributed by atoms with Crippen molar-refractivity contribution in [3.63, 3.8) is 0 Å². The van der Waals surface area contributed by atoms with Crippen LogP contribution in [0.15, 0.2) is 11.6 Å². The first-order valence-corrected chi connectivity index (χ1v) is 31.2. The summed E-state index contributed by atoms with van der Waals surface area (Å²) in [6, 6.07) is 4.27. The van der Waals surface area contributed by atoms with Crippen LogP contribution in [-0.4, -0.2) is 155 Å². The van der Waals surface area contributed by atoms with Crippen LogP contribution in [0.1, 0.15) is 253 Å². The van der Waals surface area contributed by atoms with Crippen LogP contribution in [0, 0.1) is 35.5 Å². The molecule has 0 aromatic rings. The largest absolute Gasteiger partial charge is 0.390 e. The van der Waals surface area contributed by atoms with Crippen LogP contribution < -0.4 is 0 Å². The highest BCUT2D eigenvalue weighted by Crippen LogP contribution is 2.30. The number of hydrogen-bond acceptors (Lipinski definition) is 7. The Morgan fingerprint density at radius 3 is 0.817 bits per heavy atom. The lowest BCUT2D eigenvalue weighted by molar-refractivity contribution is -0.0613. The number of aliphatic hydroxyl groups is 1. The van der Waals surface area contributed by atoms with Gasteiger partial charge in [-0.25, -0.2) is 0 Å². The van der Waals surface area contributed by atoms with Gasteiger partial charge in [-0.1, -0.05) is 136 Å². The Balaban J connectivity index is -0.000000244. The lowest BCUT2D eigenvalue weighted by atomic mass is 9.81. The fraction of sp³-hybridized carbons (Fsp3) is 0.969. The predicted molar refractivity (Wildman–Crippen MR) is 329 cm³/mol. The zero-order valence-electron chi connectivity index (χ0n) is 55.1. The Bertz CT molecular complexity index is 974. The molecule has 5 aliphatic rings. The zero-order valence-corrected chi connectivity index (χ0v) is 55.1. The van der Waals surface area contributed by atoms with Crippen LogP contribution in [-0.2, 0) is 0 Å². The highest BCUT2D eigenvalue weighted by molar-refractivity contribution is 5.09. The second-order valence-corrected chi connectivity index (χ2v) is 22.8. The van der Waals surface area contributed by atoms with Crippen molar-refractivity contribution >= 4 is 0 Å². The molecule has 71 heavy (non-hydrogen) atoms. The molecule has 0 aromatic heterocycles.